The highest BCUT2D eigenvalue weighted by Crippen LogP contribution is 2.33. The van der Waals surface area contributed by atoms with E-state index in [0.29, 0.717) is 11.3 Å². The maximum Gasteiger partial charge on any atom is 0.328 e. The van der Waals surface area contributed by atoms with Crippen LogP contribution in [0.25, 0.3) is 0 Å². The minimum Gasteiger partial charge on any atom is -0.481 e. The molecular formula is C27H34N4O5. The predicted octanol–water partition coefficient (Wildman–Crippen LogP) is 3.56. The maximum absolute atomic E-state index is 13.6. The van der Waals surface area contributed by atoms with Crippen molar-refractivity contribution in [3.05, 3.63) is 65.7 Å². The second kappa shape index (κ2) is 10.8. The van der Waals surface area contributed by atoms with Gasteiger partial charge in [-0.3, -0.25) is 14.4 Å². The summed E-state index contributed by atoms with van der Waals surface area (Å²) >= 11 is 0. The first kappa shape index (κ1) is 26.7. The van der Waals surface area contributed by atoms with Gasteiger partial charge in [-0.1, -0.05) is 56.3 Å². The second-order valence-corrected chi connectivity index (χ2v) is 10.1. The van der Waals surface area contributed by atoms with E-state index in [1.807, 2.05) is 13.8 Å². The highest BCUT2D eigenvalue weighted by atomic mass is 16.4. The molecule has 0 saturated carbocycles. The largest absolute Gasteiger partial charge is 0.481 e. The lowest BCUT2D eigenvalue weighted by Gasteiger charge is -2.29. The molecule has 36 heavy (non-hydrogen) atoms. The van der Waals surface area contributed by atoms with Gasteiger partial charge in [-0.05, 0) is 49.4 Å². The molecule has 192 valence electrons. The Morgan fingerprint density at radius 3 is 2.19 bits per heavy atom. The number of anilines is 1. The Hall–Kier alpha value is -3.88. The van der Waals surface area contributed by atoms with Gasteiger partial charge >= 0.3 is 12.0 Å². The van der Waals surface area contributed by atoms with E-state index in [1.54, 1.807) is 68.4 Å². The number of benzene rings is 2. The molecule has 1 aliphatic heterocycles. The zero-order chi connectivity index (χ0) is 26.6. The number of carboxylic acid groups (broad SMARTS) is 1. The number of nitrogens with two attached hydrogens (primary N) is 1. The molecule has 1 aliphatic rings. The summed E-state index contributed by atoms with van der Waals surface area (Å²) in [5.74, 6) is -2.12. The summed E-state index contributed by atoms with van der Waals surface area (Å²) < 4.78 is 0. The molecule has 1 saturated heterocycles. The lowest BCUT2D eigenvalue weighted by Crippen LogP contribution is -2.52. The molecular weight excluding hydrogens is 460 g/mol. The summed E-state index contributed by atoms with van der Waals surface area (Å²) in [4.78, 5) is 54.7. The summed E-state index contributed by atoms with van der Waals surface area (Å²) in [7, 11) is 0. The average Bonchev–Trinajstić information content (AvgIpc) is 2.98. The zero-order valence-electron chi connectivity index (χ0n) is 21.1. The van der Waals surface area contributed by atoms with Crippen LogP contribution in [0.1, 0.15) is 57.7 Å². The first-order valence-corrected chi connectivity index (χ1v) is 12.0. The van der Waals surface area contributed by atoms with Gasteiger partial charge in [0.1, 0.15) is 11.6 Å². The van der Waals surface area contributed by atoms with Gasteiger partial charge < -0.3 is 21.1 Å². The van der Waals surface area contributed by atoms with Gasteiger partial charge in [-0.15, -0.1) is 0 Å². The van der Waals surface area contributed by atoms with Crippen molar-refractivity contribution in [1.29, 1.82) is 0 Å². The third kappa shape index (κ3) is 5.84. The third-order valence-corrected chi connectivity index (χ3v) is 6.38. The summed E-state index contributed by atoms with van der Waals surface area (Å²) in [5, 5.41) is 12.2. The molecule has 0 bridgehead atoms. The van der Waals surface area contributed by atoms with Crippen molar-refractivity contribution in [2.45, 2.75) is 64.7 Å². The topological polar surface area (TPSA) is 133 Å². The number of hydrogen-bond acceptors (Lipinski definition) is 5. The summed E-state index contributed by atoms with van der Waals surface area (Å²) in [6, 6.07) is 13.4. The second-order valence-electron chi connectivity index (χ2n) is 10.1. The molecule has 0 aliphatic carbocycles. The van der Waals surface area contributed by atoms with Crippen molar-refractivity contribution < 1.29 is 24.3 Å². The number of nitrogens with one attached hydrogen (secondary N) is 1. The van der Waals surface area contributed by atoms with E-state index >= 15 is 0 Å². The quantitative estimate of drug-likeness (QED) is 0.342. The van der Waals surface area contributed by atoms with Gasteiger partial charge in [-0.25, -0.2) is 9.69 Å². The molecule has 4 N–H and O–H groups in total. The summed E-state index contributed by atoms with van der Waals surface area (Å²) in [6.07, 6.45) is -0.0928. The number of carbonyl (C=O) groups excluding carboxylic acids is 3. The van der Waals surface area contributed by atoms with E-state index in [4.69, 9.17) is 5.73 Å². The van der Waals surface area contributed by atoms with Crippen molar-refractivity contribution in [3.8, 4) is 0 Å². The molecule has 0 aromatic heterocycles. The number of aliphatic carboxylic acids is 1. The number of hydrogen-bond donors (Lipinski definition) is 3. The molecule has 2 atom stereocenters. The van der Waals surface area contributed by atoms with Crippen molar-refractivity contribution in [2.24, 2.45) is 5.92 Å². The lowest BCUT2D eigenvalue weighted by atomic mass is 9.98. The average molecular weight is 495 g/mol. The van der Waals surface area contributed by atoms with Crippen LogP contribution in [0, 0.1) is 5.92 Å². The number of nitrogens with zero attached hydrogens (tertiary/aromatic N) is 2. The molecule has 0 spiro atoms. The standard InChI is InChI=1S/C27H34N4O5/c1-17(2)14-22(24(34)29-21(15-23(32)33)19-8-6-5-7-9-19)31-25(35)27(3,4)30(26(31)36)16-18-10-12-20(28)13-11-18/h5-13,17,21-22H,14-16,28H2,1-4H3,(H,29,34)(H,32,33)/t21-,22-/m0/s1. The highest BCUT2D eigenvalue weighted by molar-refractivity contribution is 6.09. The highest BCUT2D eigenvalue weighted by Gasteiger charge is 2.54. The fourth-order valence-electron chi connectivity index (χ4n) is 4.37. The third-order valence-electron chi connectivity index (χ3n) is 6.38. The Morgan fingerprint density at radius 2 is 1.64 bits per heavy atom. The number of carbonyl (C=O) groups is 4. The van der Waals surface area contributed by atoms with Gasteiger partial charge in [0.15, 0.2) is 0 Å². The van der Waals surface area contributed by atoms with Crippen molar-refractivity contribution in [1.82, 2.24) is 15.1 Å². The van der Waals surface area contributed by atoms with Crippen LogP contribution in [0.2, 0.25) is 0 Å². The number of nitrogen functional groups attached to an aromatic ring is 1. The van der Waals surface area contributed by atoms with E-state index in [1.165, 1.54) is 4.90 Å². The minimum atomic E-state index is -1.17. The first-order chi connectivity index (χ1) is 16.9. The Morgan fingerprint density at radius 1 is 1.03 bits per heavy atom. The Labute approximate surface area is 211 Å². The smallest absolute Gasteiger partial charge is 0.328 e. The lowest BCUT2D eigenvalue weighted by molar-refractivity contribution is -0.140. The fourth-order valence-corrected chi connectivity index (χ4v) is 4.37. The minimum absolute atomic E-state index is 0.00902. The molecule has 2 aromatic rings. The van der Waals surface area contributed by atoms with Crippen LogP contribution in [0.4, 0.5) is 10.5 Å². The summed E-state index contributed by atoms with van der Waals surface area (Å²) in [6.45, 7) is 7.29. The molecule has 0 radical (unpaired) electrons. The van der Waals surface area contributed by atoms with Gasteiger partial charge in [-0.2, -0.15) is 0 Å². The zero-order valence-corrected chi connectivity index (χ0v) is 21.1. The maximum atomic E-state index is 13.6. The Bertz CT molecular complexity index is 1110. The van der Waals surface area contributed by atoms with Crippen LogP contribution in [-0.4, -0.2) is 50.3 Å². The Balaban J connectivity index is 1.91. The van der Waals surface area contributed by atoms with E-state index in [9.17, 15) is 24.3 Å². The van der Waals surface area contributed by atoms with E-state index in [2.05, 4.69) is 5.32 Å². The molecule has 4 amide bonds. The van der Waals surface area contributed by atoms with E-state index < -0.39 is 41.4 Å². The van der Waals surface area contributed by atoms with Gasteiger partial charge in [0.05, 0.1) is 12.5 Å². The van der Waals surface area contributed by atoms with Crippen LogP contribution >= 0.6 is 0 Å². The number of imide groups is 1. The number of carboxylic acids is 1. The van der Waals surface area contributed by atoms with Gasteiger partial charge in [0.25, 0.3) is 5.91 Å². The molecule has 9 heteroatoms. The molecule has 1 heterocycles. The van der Waals surface area contributed by atoms with Crippen molar-refractivity contribution in [2.75, 3.05) is 5.73 Å². The predicted molar refractivity (Wildman–Crippen MR) is 136 cm³/mol. The van der Waals surface area contributed by atoms with E-state index in [0.717, 1.165) is 10.5 Å². The molecule has 3 rings (SSSR count). The van der Waals surface area contributed by atoms with Crippen molar-refractivity contribution >= 4 is 29.5 Å². The van der Waals surface area contributed by atoms with Gasteiger partial charge in [0, 0.05) is 12.2 Å². The molecule has 1 fully saturated rings. The van der Waals surface area contributed by atoms with Gasteiger partial charge in [0.2, 0.25) is 5.91 Å². The fraction of sp³-hybridized carbons (Fsp3) is 0.407. The monoisotopic (exact) mass is 494 g/mol. The summed E-state index contributed by atoms with van der Waals surface area (Å²) in [5.41, 5.74) is 6.61. The Kier molecular flexibility index (Phi) is 8.02. The van der Waals surface area contributed by atoms with Crippen LogP contribution in [0.3, 0.4) is 0 Å². The molecule has 2 aromatic carbocycles. The molecule has 9 nitrogen and oxygen atoms in total. The van der Waals surface area contributed by atoms with Crippen LogP contribution in [-0.2, 0) is 20.9 Å². The molecule has 0 unspecified atom stereocenters. The van der Waals surface area contributed by atoms with Crippen molar-refractivity contribution in [3.63, 3.8) is 0 Å². The van der Waals surface area contributed by atoms with Crippen LogP contribution in [0.5, 0.6) is 0 Å². The normalized spacial score (nSPS) is 16.8. The number of rotatable bonds is 10. The van der Waals surface area contributed by atoms with Crippen LogP contribution < -0.4 is 11.1 Å². The van der Waals surface area contributed by atoms with Crippen LogP contribution in [0.15, 0.2) is 54.6 Å². The first-order valence-electron chi connectivity index (χ1n) is 12.0. The number of urea groups is 1. The van der Waals surface area contributed by atoms with E-state index in [-0.39, 0.29) is 25.3 Å². The SMILES string of the molecule is CC(C)C[C@@H](C(=O)N[C@@H](CC(=O)O)c1ccccc1)N1C(=O)N(Cc2ccc(N)cc2)C(C)(C)C1=O. The number of amides is 4.